The third kappa shape index (κ3) is 4.96. The summed E-state index contributed by atoms with van der Waals surface area (Å²) < 4.78 is 0. The predicted molar refractivity (Wildman–Crippen MR) is 136 cm³/mol. The Kier molecular flexibility index (Phi) is 7.78. The second-order valence-electron chi connectivity index (χ2n) is 10.8. The second-order valence-corrected chi connectivity index (χ2v) is 18.2. The van der Waals surface area contributed by atoms with E-state index in [-0.39, 0.29) is 7.92 Å². The Morgan fingerprint density at radius 3 is 1.83 bits per heavy atom. The Labute approximate surface area is 183 Å². The second kappa shape index (κ2) is 10.1. The van der Waals surface area contributed by atoms with Crippen LogP contribution in [0.2, 0.25) is 0 Å². The predicted octanol–water partition coefficient (Wildman–Crippen LogP) is 8.29. The van der Waals surface area contributed by atoms with Crippen LogP contribution in [0.15, 0.2) is 30.3 Å². The zero-order chi connectivity index (χ0) is 20.3. The Balaban J connectivity index is 1.57. The molecule has 0 N–H and O–H groups in total. The standard InChI is InChI=1S/C27H45P2/c1-22(28(23-14-7-4-8-15-23)24-16-9-5-10-17-24)26-20-13-21-27(26)29(2,3)25-18-11-6-12-19-25/h6,11-12,18-19,22-24,26-27H,4-5,7-10,13-17,20-21H2,1-3H3/q+1/t22-,26?,27?/m1/s1. The summed E-state index contributed by atoms with van der Waals surface area (Å²) in [6.07, 6.45) is 19.9. The van der Waals surface area contributed by atoms with Crippen molar-refractivity contribution in [3.05, 3.63) is 30.3 Å². The first kappa shape index (κ1) is 22.3. The smallest absolute Gasteiger partial charge is 0.0936 e. The SMILES string of the molecule is C[C@H](C1CCCC1[P+](C)(C)c1ccccc1)P(C1CCCCC1)C1CCCCC1. The molecule has 3 saturated carbocycles. The van der Waals surface area contributed by atoms with Gasteiger partial charge in [-0.1, -0.05) is 71.6 Å². The molecule has 0 nitrogen and oxygen atoms in total. The van der Waals surface area contributed by atoms with Crippen molar-refractivity contribution in [3.8, 4) is 0 Å². The summed E-state index contributed by atoms with van der Waals surface area (Å²) in [5, 5.41) is 1.68. The van der Waals surface area contributed by atoms with E-state index in [0.717, 1.165) is 28.6 Å². The van der Waals surface area contributed by atoms with Gasteiger partial charge in [0.2, 0.25) is 0 Å². The summed E-state index contributed by atoms with van der Waals surface area (Å²) in [4.78, 5) is 0. The Morgan fingerprint density at radius 1 is 0.724 bits per heavy atom. The Bertz CT molecular complexity index is 595. The van der Waals surface area contributed by atoms with E-state index >= 15 is 0 Å². The minimum absolute atomic E-state index is 0.206. The average molecular weight is 432 g/mol. The van der Waals surface area contributed by atoms with E-state index in [1.54, 1.807) is 31.0 Å². The van der Waals surface area contributed by atoms with Crippen LogP contribution in [0.25, 0.3) is 0 Å². The highest BCUT2D eigenvalue weighted by Crippen LogP contribution is 2.68. The number of rotatable bonds is 6. The molecule has 0 heterocycles. The van der Waals surface area contributed by atoms with Crippen LogP contribution in [0.5, 0.6) is 0 Å². The topological polar surface area (TPSA) is 0 Å². The van der Waals surface area contributed by atoms with Gasteiger partial charge >= 0.3 is 0 Å². The van der Waals surface area contributed by atoms with E-state index < -0.39 is 7.26 Å². The van der Waals surface area contributed by atoms with Gasteiger partial charge in [0.05, 0.1) is 24.3 Å². The minimum atomic E-state index is -1.06. The van der Waals surface area contributed by atoms with Crippen LogP contribution in [0.1, 0.15) is 90.4 Å². The lowest BCUT2D eigenvalue weighted by molar-refractivity contribution is 0.466. The van der Waals surface area contributed by atoms with Gasteiger partial charge in [-0.25, -0.2) is 0 Å². The van der Waals surface area contributed by atoms with E-state index in [4.69, 9.17) is 0 Å². The fourth-order valence-corrected chi connectivity index (χ4v) is 15.6. The lowest BCUT2D eigenvalue weighted by Gasteiger charge is -2.45. The average Bonchev–Trinajstić information content (AvgIpc) is 3.27. The van der Waals surface area contributed by atoms with Crippen molar-refractivity contribution >= 4 is 20.5 Å². The van der Waals surface area contributed by atoms with E-state index in [1.165, 1.54) is 57.8 Å². The quantitative estimate of drug-likeness (QED) is 0.397. The third-order valence-electron chi connectivity index (χ3n) is 8.86. The van der Waals surface area contributed by atoms with E-state index in [0.29, 0.717) is 0 Å². The van der Waals surface area contributed by atoms with Gasteiger partial charge < -0.3 is 0 Å². The third-order valence-corrected chi connectivity index (χ3v) is 16.8. The lowest BCUT2D eigenvalue weighted by atomic mass is 9.99. The molecule has 3 aliphatic rings. The van der Waals surface area contributed by atoms with Gasteiger partial charge in [-0.05, 0) is 74.1 Å². The highest BCUT2D eigenvalue weighted by molar-refractivity contribution is 7.82. The summed E-state index contributed by atoms with van der Waals surface area (Å²) in [5.41, 5.74) is 4.20. The molecule has 1 aromatic rings. The van der Waals surface area contributed by atoms with Gasteiger partial charge in [-0.15, -0.1) is 0 Å². The summed E-state index contributed by atoms with van der Waals surface area (Å²) in [6, 6.07) is 11.6. The first-order chi connectivity index (χ1) is 14.1. The molecule has 0 radical (unpaired) electrons. The van der Waals surface area contributed by atoms with Gasteiger partial charge in [0, 0.05) is 13.2 Å². The molecule has 0 aromatic heterocycles. The lowest BCUT2D eigenvalue weighted by Crippen LogP contribution is -2.35. The van der Waals surface area contributed by atoms with Crippen LogP contribution in [-0.4, -0.2) is 36.0 Å². The van der Waals surface area contributed by atoms with Gasteiger partial charge in [0.25, 0.3) is 0 Å². The van der Waals surface area contributed by atoms with Crippen LogP contribution in [0, 0.1) is 5.92 Å². The zero-order valence-corrected chi connectivity index (χ0v) is 21.1. The molecular weight excluding hydrogens is 386 g/mol. The van der Waals surface area contributed by atoms with Crippen molar-refractivity contribution in [2.45, 2.75) is 113 Å². The highest BCUT2D eigenvalue weighted by Gasteiger charge is 2.50. The maximum absolute atomic E-state index is 2.75. The molecule has 162 valence electrons. The molecule has 3 aliphatic carbocycles. The van der Waals surface area contributed by atoms with Crippen molar-refractivity contribution in [1.82, 2.24) is 0 Å². The number of benzene rings is 1. The highest BCUT2D eigenvalue weighted by atomic mass is 31.2. The van der Waals surface area contributed by atoms with E-state index in [1.807, 2.05) is 0 Å². The monoisotopic (exact) mass is 431 g/mol. The van der Waals surface area contributed by atoms with Crippen molar-refractivity contribution < 1.29 is 0 Å². The molecule has 2 unspecified atom stereocenters. The van der Waals surface area contributed by atoms with Crippen LogP contribution in [-0.2, 0) is 0 Å². The molecule has 0 bridgehead atoms. The van der Waals surface area contributed by atoms with Crippen LogP contribution in [0.4, 0.5) is 0 Å². The van der Waals surface area contributed by atoms with E-state index in [2.05, 4.69) is 50.6 Å². The van der Waals surface area contributed by atoms with Crippen molar-refractivity contribution in [1.29, 1.82) is 0 Å². The maximum atomic E-state index is 2.75. The molecule has 0 aliphatic heterocycles. The number of hydrogen-bond acceptors (Lipinski definition) is 0. The minimum Gasteiger partial charge on any atom is -0.0970 e. The molecular formula is C27H45P2+. The van der Waals surface area contributed by atoms with Crippen LogP contribution >= 0.6 is 15.2 Å². The van der Waals surface area contributed by atoms with Crippen LogP contribution in [0.3, 0.4) is 0 Å². The number of hydrogen-bond donors (Lipinski definition) is 0. The molecule has 3 fully saturated rings. The summed E-state index contributed by atoms with van der Waals surface area (Å²) in [6.45, 7) is 8.09. The first-order valence-corrected chi connectivity index (χ1v) is 17.1. The van der Waals surface area contributed by atoms with Crippen LogP contribution < -0.4 is 5.30 Å². The van der Waals surface area contributed by atoms with Crippen molar-refractivity contribution in [2.24, 2.45) is 5.92 Å². The van der Waals surface area contributed by atoms with E-state index in [9.17, 15) is 0 Å². The Hall–Kier alpha value is 0.0800. The molecule has 0 spiro atoms. The van der Waals surface area contributed by atoms with Crippen molar-refractivity contribution in [3.63, 3.8) is 0 Å². The molecule has 0 saturated heterocycles. The molecule has 0 amide bonds. The molecule has 29 heavy (non-hydrogen) atoms. The van der Waals surface area contributed by atoms with Gasteiger partial charge in [0.15, 0.2) is 0 Å². The normalized spacial score (nSPS) is 28.7. The fraction of sp³-hybridized carbons (Fsp3) is 0.778. The molecule has 4 rings (SSSR count). The van der Waals surface area contributed by atoms with Gasteiger partial charge in [0.1, 0.15) is 0 Å². The van der Waals surface area contributed by atoms with Crippen molar-refractivity contribution in [2.75, 3.05) is 13.3 Å². The summed E-state index contributed by atoms with van der Waals surface area (Å²) in [7, 11) is -0.856. The largest absolute Gasteiger partial charge is 0.0970 e. The fourth-order valence-electron chi connectivity index (χ4n) is 7.28. The van der Waals surface area contributed by atoms with Gasteiger partial charge in [-0.3, -0.25) is 0 Å². The first-order valence-electron chi connectivity index (χ1n) is 12.8. The van der Waals surface area contributed by atoms with Gasteiger partial charge in [-0.2, -0.15) is 0 Å². The molecule has 2 heteroatoms. The Morgan fingerprint density at radius 2 is 1.28 bits per heavy atom. The maximum Gasteiger partial charge on any atom is 0.0936 e. The summed E-state index contributed by atoms with van der Waals surface area (Å²) in [5.74, 6) is 1.01. The summed E-state index contributed by atoms with van der Waals surface area (Å²) >= 11 is 0. The zero-order valence-electron chi connectivity index (χ0n) is 19.4. The molecule has 1 aromatic carbocycles. The molecule has 3 atom stereocenters.